The molecule has 2 saturated heterocycles. The first kappa shape index (κ1) is 14.5. The van der Waals surface area contributed by atoms with Crippen molar-refractivity contribution in [3.8, 4) is 0 Å². The maximum Gasteiger partial charge on any atom is 0.222 e. The zero-order valence-corrected chi connectivity index (χ0v) is 12.8. The molecule has 0 aliphatic carbocycles. The van der Waals surface area contributed by atoms with Gasteiger partial charge in [-0.15, -0.1) is 10.2 Å². The van der Waals surface area contributed by atoms with Crippen molar-refractivity contribution in [2.75, 3.05) is 26.2 Å². The lowest BCUT2D eigenvalue weighted by Gasteiger charge is -2.33. The minimum atomic E-state index is 0.328. The molecule has 2 fully saturated rings. The topological polar surface area (TPSA) is 63.1 Å². The molecule has 0 spiro atoms. The molecular weight excluding hydrogens is 266 g/mol. The standard InChI is InChI=1S/C15H25N5O/c1-19-11-17-18-15(19)13-3-2-8-20(10-13)14(21)9-12-4-6-16-7-5-12/h11-13,16H,2-10H2,1H3. The van der Waals surface area contributed by atoms with Gasteiger partial charge in [0.25, 0.3) is 0 Å². The van der Waals surface area contributed by atoms with Crippen molar-refractivity contribution in [2.24, 2.45) is 13.0 Å². The number of nitrogens with one attached hydrogen (secondary N) is 1. The van der Waals surface area contributed by atoms with E-state index in [1.165, 1.54) is 0 Å². The molecule has 1 amide bonds. The molecule has 3 heterocycles. The number of amides is 1. The quantitative estimate of drug-likeness (QED) is 0.899. The predicted molar refractivity (Wildman–Crippen MR) is 79.8 cm³/mol. The Morgan fingerprint density at radius 1 is 1.38 bits per heavy atom. The van der Waals surface area contributed by atoms with Crippen LogP contribution in [0.15, 0.2) is 6.33 Å². The number of likely N-dealkylation sites (tertiary alicyclic amines) is 1. The molecule has 0 saturated carbocycles. The van der Waals surface area contributed by atoms with E-state index in [9.17, 15) is 4.79 Å². The summed E-state index contributed by atoms with van der Waals surface area (Å²) in [6, 6.07) is 0. The van der Waals surface area contributed by atoms with E-state index < -0.39 is 0 Å². The van der Waals surface area contributed by atoms with Gasteiger partial charge in [-0.3, -0.25) is 4.79 Å². The van der Waals surface area contributed by atoms with E-state index in [2.05, 4.69) is 15.5 Å². The molecule has 116 valence electrons. The monoisotopic (exact) mass is 291 g/mol. The van der Waals surface area contributed by atoms with Crippen molar-refractivity contribution in [1.29, 1.82) is 0 Å². The Bertz CT molecular complexity index is 480. The Kier molecular flexibility index (Phi) is 4.53. The lowest BCUT2D eigenvalue weighted by atomic mass is 9.92. The van der Waals surface area contributed by atoms with Gasteiger partial charge in [0.1, 0.15) is 12.2 Å². The van der Waals surface area contributed by atoms with Crippen LogP contribution in [-0.2, 0) is 11.8 Å². The average molecular weight is 291 g/mol. The van der Waals surface area contributed by atoms with Gasteiger partial charge in [0.2, 0.25) is 5.91 Å². The number of aryl methyl sites for hydroxylation is 1. The van der Waals surface area contributed by atoms with Gasteiger partial charge in [0.05, 0.1) is 0 Å². The number of carbonyl (C=O) groups is 1. The minimum Gasteiger partial charge on any atom is -0.342 e. The largest absolute Gasteiger partial charge is 0.342 e. The number of rotatable bonds is 3. The predicted octanol–water partition coefficient (Wildman–Crippen LogP) is 0.911. The number of nitrogens with zero attached hydrogens (tertiary/aromatic N) is 4. The third-order valence-corrected chi connectivity index (χ3v) is 4.81. The SMILES string of the molecule is Cn1cnnc1C1CCCN(C(=O)CC2CCNCC2)C1. The molecular formula is C15H25N5O. The summed E-state index contributed by atoms with van der Waals surface area (Å²) in [7, 11) is 1.98. The van der Waals surface area contributed by atoms with Crippen molar-refractivity contribution < 1.29 is 4.79 Å². The molecule has 0 radical (unpaired) electrons. The van der Waals surface area contributed by atoms with Crippen LogP contribution in [0.25, 0.3) is 0 Å². The van der Waals surface area contributed by atoms with Crippen LogP contribution in [0.4, 0.5) is 0 Å². The summed E-state index contributed by atoms with van der Waals surface area (Å²) in [5.41, 5.74) is 0. The van der Waals surface area contributed by atoms with E-state index in [0.717, 1.165) is 57.7 Å². The molecule has 2 aliphatic rings. The molecule has 6 heteroatoms. The highest BCUT2D eigenvalue weighted by atomic mass is 16.2. The van der Waals surface area contributed by atoms with E-state index in [1.807, 2.05) is 16.5 Å². The van der Waals surface area contributed by atoms with Crippen LogP contribution in [0.1, 0.15) is 43.8 Å². The molecule has 21 heavy (non-hydrogen) atoms. The van der Waals surface area contributed by atoms with E-state index >= 15 is 0 Å². The van der Waals surface area contributed by atoms with E-state index in [1.54, 1.807) is 6.33 Å². The number of hydrogen-bond donors (Lipinski definition) is 1. The number of aromatic nitrogens is 3. The Morgan fingerprint density at radius 3 is 2.90 bits per heavy atom. The summed E-state index contributed by atoms with van der Waals surface area (Å²) in [5, 5.41) is 11.5. The summed E-state index contributed by atoms with van der Waals surface area (Å²) in [5.74, 6) is 2.24. The summed E-state index contributed by atoms with van der Waals surface area (Å²) in [6.07, 6.45) is 6.89. The second kappa shape index (κ2) is 6.56. The fraction of sp³-hybridized carbons (Fsp3) is 0.800. The maximum atomic E-state index is 12.5. The van der Waals surface area contributed by atoms with Crippen molar-refractivity contribution in [2.45, 2.75) is 38.0 Å². The average Bonchev–Trinajstić information content (AvgIpc) is 2.94. The summed E-state index contributed by atoms with van der Waals surface area (Å²) in [4.78, 5) is 14.6. The minimum absolute atomic E-state index is 0.328. The van der Waals surface area contributed by atoms with Gasteiger partial charge in [-0.25, -0.2) is 0 Å². The van der Waals surface area contributed by atoms with Gasteiger partial charge in [0, 0.05) is 32.5 Å². The van der Waals surface area contributed by atoms with Crippen LogP contribution >= 0.6 is 0 Å². The molecule has 0 aromatic carbocycles. The molecule has 2 aliphatic heterocycles. The van der Waals surface area contributed by atoms with E-state index in [4.69, 9.17) is 0 Å². The molecule has 6 nitrogen and oxygen atoms in total. The lowest BCUT2D eigenvalue weighted by Crippen LogP contribution is -2.41. The lowest BCUT2D eigenvalue weighted by molar-refractivity contribution is -0.133. The maximum absolute atomic E-state index is 12.5. The third kappa shape index (κ3) is 3.43. The first-order chi connectivity index (χ1) is 10.2. The number of hydrogen-bond acceptors (Lipinski definition) is 4. The van der Waals surface area contributed by atoms with Crippen LogP contribution in [0.2, 0.25) is 0 Å². The van der Waals surface area contributed by atoms with Crippen LogP contribution in [0.3, 0.4) is 0 Å². The summed E-state index contributed by atoms with van der Waals surface area (Å²) >= 11 is 0. The fourth-order valence-corrected chi connectivity index (χ4v) is 3.54. The van der Waals surface area contributed by atoms with Gasteiger partial charge < -0.3 is 14.8 Å². The third-order valence-electron chi connectivity index (χ3n) is 4.81. The summed E-state index contributed by atoms with van der Waals surface area (Å²) < 4.78 is 1.98. The Morgan fingerprint density at radius 2 is 2.19 bits per heavy atom. The smallest absolute Gasteiger partial charge is 0.222 e. The highest BCUT2D eigenvalue weighted by molar-refractivity contribution is 5.76. The molecule has 0 bridgehead atoms. The normalized spacial score (nSPS) is 24.2. The van der Waals surface area contributed by atoms with Gasteiger partial charge >= 0.3 is 0 Å². The van der Waals surface area contributed by atoms with Crippen molar-refractivity contribution in [3.05, 3.63) is 12.2 Å². The molecule has 3 rings (SSSR count). The molecule has 1 aromatic rings. The molecule has 1 N–H and O–H groups in total. The van der Waals surface area contributed by atoms with Gasteiger partial charge in [0.15, 0.2) is 0 Å². The van der Waals surface area contributed by atoms with Crippen LogP contribution in [-0.4, -0.2) is 51.8 Å². The van der Waals surface area contributed by atoms with Crippen LogP contribution in [0.5, 0.6) is 0 Å². The fourth-order valence-electron chi connectivity index (χ4n) is 3.54. The van der Waals surface area contributed by atoms with Crippen LogP contribution in [0, 0.1) is 5.92 Å². The molecule has 1 atom stereocenters. The van der Waals surface area contributed by atoms with Gasteiger partial charge in [-0.2, -0.15) is 0 Å². The molecule has 1 unspecified atom stereocenters. The van der Waals surface area contributed by atoms with E-state index in [-0.39, 0.29) is 0 Å². The van der Waals surface area contributed by atoms with Gasteiger partial charge in [-0.05, 0) is 44.7 Å². The second-order valence-corrected chi connectivity index (χ2v) is 6.38. The first-order valence-corrected chi connectivity index (χ1v) is 8.06. The number of piperidine rings is 2. The number of carbonyl (C=O) groups excluding carboxylic acids is 1. The highest BCUT2D eigenvalue weighted by Gasteiger charge is 2.28. The Balaban J connectivity index is 1.57. The van der Waals surface area contributed by atoms with Gasteiger partial charge in [-0.1, -0.05) is 0 Å². The molecule has 1 aromatic heterocycles. The summed E-state index contributed by atoms with van der Waals surface area (Å²) in [6.45, 7) is 3.81. The first-order valence-electron chi connectivity index (χ1n) is 8.06. The Hall–Kier alpha value is -1.43. The van der Waals surface area contributed by atoms with Crippen molar-refractivity contribution >= 4 is 5.91 Å². The zero-order valence-electron chi connectivity index (χ0n) is 12.8. The highest BCUT2D eigenvalue weighted by Crippen LogP contribution is 2.26. The Labute approximate surface area is 125 Å². The van der Waals surface area contributed by atoms with Crippen LogP contribution < -0.4 is 5.32 Å². The van der Waals surface area contributed by atoms with E-state index in [0.29, 0.717) is 24.2 Å². The zero-order chi connectivity index (χ0) is 14.7. The van der Waals surface area contributed by atoms with Crippen molar-refractivity contribution in [1.82, 2.24) is 25.0 Å². The van der Waals surface area contributed by atoms with Crippen molar-refractivity contribution in [3.63, 3.8) is 0 Å². The second-order valence-electron chi connectivity index (χ2n) is 6.38.